The first-order valence-corrected chi connectivity index (χ1v) is 8.71. The topological polar surface area (TPSA) is 100 Å². The van der Waals surface area contributed by atoms with E-state index in [2.05, 4.69) is 0 Å². The normalized spacial score (nSPS) is 19.3. The molecular weight excluding hydrogens is 338 g/mol. The van der Waals surface area contributed by atoms with Crippen molar-refractivity contribution in [3.8, 4) is 0 Å². The SMILES string of the molecule is O=C(O)CCO/C=C\CN1C(=O)CCC[C@@H]1/C=C/C(O)Cc1ccoc1. The van der Waals surface area contributed by atoms with E-state index in [4.69, 9.17) is 14.3 Å². The van der Waals surface area contributed by atoms with Crippen molar-refractivity contribution in [2.75, 3.05) is 13.2 Å². The third kappa shape index (κ3) is 6.76. The lowest BCUT2D eigenvalue weighted by Gasteiger charge is -2.33. The number of furan rings is 1. The number of amides is 1. The van der Waals surface area contributed by atoms with E-state index in [1.54, 1.807) is 29.6 Å². The van der Waals surface area contributed by atoms with Gasteiger partial charge in [-0.15, -0.1) is 0 Å². The Bertz CT molecular complexity index is 622. The molecule has 1 aromatic rings. The van der Waals surface area contributed by atoms with E-state index in [1.807, 2.05) is 12.1 Å². The number of likely N-dealkylation sites (tertiary alicyclic amines) is 1. The summed E-state index contributed by atoms with van der Waals surface area (Å²) in [6.07, 6.45) is 11.8. The van der Waals surface area contributed by atoms with Crippen molar-refractivity contribution < 1.29 is 29.0 Å². The summed E-state index contributed by atoms with van der Waals surface area (Å²) in [6, 6.07) is 1.74. The number of carboxylic acid groups (broad SMARTS) is 1. The van der Waals surface area contributed by atoms with Crippen LogP contribution in [-0.4, -0.2) is 52.3 Å². The first-order chi connectivity index (χ1) is 12.6. The highest BCUT2D eigenvalue weighted by molar-refractivity contribution is 5.77. The minimum absolute atomic E-state index is 0.0606. The number of hydrogen-bond acceptors (Lipinski definition) is 5. The van der Waals surface area contributed by atoms with E-state index >= 15 is 0 Å². The second kappa shape index (κ2) is 10.5. The molecule has 7 nitrogen and oxygen atoms in total. The highest BCUT2D eigenvalue weighted by Crippen LogP contribution is 2.19. The molecule has 1 amide bonds. The van der Waals surface area contributed by atoms with Gasteiger partial charge in [-0.1, -0.05) is 12.2 Å². The maximum Gasteiger partial charge on any atom is 0.306 e. The van der Waals surface area contributed by atoms with E-state index in [0.29, 0.717) is 19.4 Å². The first-order valence-electron chi connectivity index (χ1n) is 8.71. The Morgan fingerprint density at radius 1 is 1.50 bits per heavy atom. The number of piperidine rings is 1. The lowest BCUT2D eigenvalue weighted by Crippen LogP contribution is -2.42. The zero-order valence-corrected chi connectivity index (χ0v) is 14.6. The average molecular weight is 363 g/mol. The van der Waals surface area contributed by atoms with Crippen molar-refractivity contribution in [1.82, 2.24) is 4.90 Å². The van der Waals surface area contributed by atoms with Gasteiger partial charge < -0.3 is 24.3 Å². The predicted octanol–water partition coefficient (Wildman–Crippen LogP) is 2.13. The maximum atomic E-state index is 12.2. The number of aliphatic hydroxyl groups is 1. The predicted molar refractivity (Wildman–Crippen MR) is 94.3 cm³/mol. The van der Waals surface area contributed by atoms with Crippen LogP contribution in [0.3, 0.4) is 0 Å². The molecule has 1 aromatic heterocycles. The minimum atomic E-state index is -0.913. The van der Waals surface area contributed by atoms with Crippen LogP contribution in [0.25, 0.3) is 0 Å². The Morgan fingerprint density at radius 2 is 2.35 bits per heavy atom. The molecule has 2 N–H and O–H groups in total. The first kappa shape index (κ1) is 19.8. The summed E-state index contributed by atoms with van der Waals surface area (Å²) in [5.74, 6) is -0.853. The molecule has 0 saturated carbocycles. The molecule has 0 aromatic carbocycles. The fourth-order valence-electron chi connectivity index (χ4n) is 2.80. The molecule has 0 bridgehead atoms. The van der Waals surface area contributed by atoms with E-state index in [0.717, 1.165) is 18.4 Å². The van der Waals surface area contributed by atoms with Crippen LogP contribution in [0.2, 0.25) is 0 Å². The Hall–Kier alpha value is -2.54. The maximum absolute atomic E-state index is 12.2. The van der Waals surface area contributed by atoms with Crippen molar-refractivity contribution in [3.63, 3.8) is 0 Å². The van der Waals surface area contributed by atoms with Gasteiger partial charge in [0.2, 0.25) is 5.91 Å². The van der Waals surface area contributed by atoms with Gasteiger partial charge in [0.15, 0.2) is 0 Å². The van der Waals surface area contributed by atoms with E-state index in [1.165, 1.54) is 6.26 Å². The van der Waals surface area contributed by atoms with Gasteiger partial charge >= 0.3 is 5.97 Å². The summed E-state index contributed by atoms with van der Waals surface area (Å²) in [6.45, 7) is 0.488. The Balaban J connectivity index is 1.84. The molecular formula is C19H25NO6. The zero-order valence-electron chi connectivity index (χ0n) is 14.6. The Kier molecular flexibility index (Phi) is 7.95. The highest BCUT2D eigenvalue weighted by atomic mass is 16.5. The number of carbonyl (C=O) groups is 2. The van der Waals surface area contributed by atoms with Gasteiger partial charge in [-0.3, -0.25) is 9.59 Å². The van der Waals surface area contributed by atoms with Gasteiger partial charge in [-0.05, 0) is 30.5 Å². The number of carbonyl (C=O) groups excluding carboxylic acids is 1. The summed E-state index contributed by atoms with van der Waals surface area (Å²) >= 11 is 0. The third-order valence-electron chi connectivity index (χ3n) is 4.12. The molecule has 1 aliphatic heterocycles. The van der Waals surface area contributed by atoms with E-state index in [9.17, 15) is 14.7 Å². The number of nitrogens with zero attached hydrogens (tertiary/aromatic N) is 1. The number of aliphatic carboxylic acids is 1. The number of ether oxygens (including phenoxy) is 1. The molecule has 7 heteroatoms. The van der Waals surface area contributed by atoms with Crippen LogP contribution in [0.5, 0.6) is 0 Å². The highest BCUT2D eigenvalue weighted by Gasteiger charge is 2.25. The summed E-state index contributed by atoms with van der Waals surface area (Å²) in [7, 11) is 0. The second-order valence-electron chi connectivity index (χ2n) is 6.18. The molecule has 1 fully saturated rings. The Labute approximate surface area is 152 Å². The van der Waals surface area contributed by atoms with E-state index < -0.39 is 12.1 Å². The van der Waals surface area contributed by atoms with Gasteiger partial charge in [0, 0.05) is 19.4 Å². The second-order valence-corrected chi connectivity index (χ2v) is 6.18. The van der Waals surface area contributed by atoms with Crippen molar-refractivity contribution in [2.24, 2.45) is 0 Å². The number of rotatable bonds is 10. The molecule has 1 aliphatic rings. The summed E-state index contributed by atoms with van der Waals surface area (Å²) in [4.78, 5) is 24.3. The molecule has 26 heavy (non-hydrogen) atoms. The fourth-order valence-corrected chi connectivity index (χ4v) is 2.80. The van der Waals surface area contributed by atoms with Crippen LogP contribution < -0.4 is 0 Å². The lowest BCUT2D eigenvalue weighted by atomic mass is 10.00. The summed E-state index contributed by atoms with van der Waals surface area (Å²) in [5.41, 5.74) is 0.917. The number of carboxylic acids is 1. The largest absolute Gasteiger partial charge is 0.501 e. The molecule has 2 atom stereocenters. The smallest absolute Gasteiger partial charge is 0.306 e. The number of hydrogen-bond donors (Lipinski definition) is 2. The van der Waals surface area contributed by atoms with Crippen LogP contribution in [0.4, 0.5) is 0 Å². The standard InChI is InChI=1S/C19H25NO6/c21-17(13-15-7-11-26-14-15)6-5-16-3-1-4-18(22)20(16)9-2-10-25-12-8-19(23)24/h2,5-7,10-11,14,16-17,21H,1,3-4,8-9,12-13H2,(H,23,24)/b6-5+,10-2-/t16-,17?/m1/s1. The summed E-state index contributed by atoms with van der Waals surface area (Å²) in [5, 5.41) is 18.6. The van der Waals surface area contributed by atoms with Crippen molar-refractivity contribution in [1.29, 1.82) is 0 Å². The van der Waals surface area contributed by atoms with Crippen LogP contribution in [-0.2, 0) is 20.7 Å². The van der Waals surface area contributed by atoms with Gasteiger partial charge in [-0.2, -0.15) is 0 Å². The van der Waals surface area contributed by atoms with Crippen molar-refractivity contribution in [2.45, 2.75) is 44.2 Å². The number of aliphatic hydroxyl groups excluding tert-OH is 1. The molecule has 2 rings (SSSR count). The van der Waals surface area contributed by atoms with Crippen molar-refractivity contribution in [3.05, 3.63) is 48.6 Å². The average Bonchev–Trinajstić information content (AvgIpc) is 3.10. The quantitative estimate of drug-likeness (QED) is 0.375. The monoisotopic (exact) mass is 363 g/mol. The molecule has 0 aliphatic carbocycles. The lowest BCUT2D eigenvalue weighted by molar-refractivity contribution is -0.137. The molecule has 0 radical (unpaired) electrons. The third-order valence-corrected chi connectivity index (χ3v) is 4.12. The van der Waals surface area contributed by atoms with Crippen LogP contribution >= 0.6 is 0 Å². The summed E-state index contributed by atoms with van der Waals surface area (Å²) < 4.78 is 10.1. The zero-order chi connectivity index (χ0) is 18.8. The Morgan fingerprint density at radius 3 is 3.08 bits per heavy atom. The molecule has 1 unspecified atom stereocenters. The molecule has 2 heterocycles. The van der Waals surface area contributed by atoms with Crippen LogP contribution in [0.1, 0.15) is 31.2 Å². The molecule has 1 saturated heterocycles. The van der Waals surface area contributed by atoms with Gasteiger partial charge in [0.05, 0.1) is 44.0 Å². The van der Waals surface area contributed by atoms with Gasteiger partial charge in [0.1, 0.15) is 0 Å². The van der Waals surface area contributed by atoms with Crippen LogP contribution in [0, 0.1) is 0 Å². The van der Waals surface area contributed by atoms with Gasteiger partial charge in [0.25, 0.3) is 0 Å². The van der Waals surface area contributed by atoms with Gasteiger partial charge in [-0.25, -0.2) is 0 Å². The minimum Gasteiger partial charge on any atom is -0.501 e. The van der Waals surface area contributed by atoms with Crippen molar-refractivity contribution >= 4 is 11.9 Å². The fraction of sp³-hybridized carbons (Fsp3) is 0.474. The van der Waals surface area contributed by atoms with E-state index in [-0.39, 0.29) is 25.0 Å². The molecule has 0 spiro atoms. The molecule has 142 valence electrons. The van der Waals surface area contributed by atoms with Crippen LogP contribution in [0.15, 0.2) is 47.5 Å².